The molecular formula is C22H26N8O3. The second kappa shape index (κ2) is 9.30. The summed E-state index contributed by atoms with van der Waals surface area (Å²) >= 11 is 0. The third kappa shape index (κ3) is 4.38. The van der Waals surface area contributed by atoms with E-state index in [4.69, 9.17) is 5.73 Å². The summed E-state index contributed by atoms with van der Waals surface area (Å²) in [6.45, 7) is 2.84. The van der Waals surface area contributed by atoms with Crippen LogP contribution in [0.4, 0.5) is 11.6 Å². The Morgan fingerprint density at radius 1 is 1.33 bits per heavy atom. The highest BCUT2D eigenvalue weighted by atomic mass is 16.2. The molecule has 0 saturated carbocycles. The molecule has 1 saturated heterocycles. The number of nitrogens with one attached hydrogen (secondary N) is 1. The monoisotopic (exact) mass is 450 g/mol. The number of aromatic nitrogens is 5. The van der Waals surface area contributed by atoms with Gasteiger partial charge in [0, 0.05) is 32.4 Å². The van der Waals surface area contributed by atoms with E-state index in [1.54, 1.807) is 29.8 Å². The summed E-state index contributed by atoms with van der Waals surface area (Å²) < 4.78 is 3.91. The van der Waals surface area contributed by atoms with Gasteiger partial charge < -0.3 is 16.0 Å². The molecule has 1 fully saturated rings. The van der Waals surface area contributed by atoms with E-state index >= 15 is 0 Å². The number of carbonyl (C=O) groups is 1. The van der Waals surface area contributed by atoms with Crippen LogP contribution in [0.1, 0.15) is 19.8 Å². The number of nitrogens with two attached hydrogens (primary N) is 1. The highest BCUT2D eigenvalue weighted by molar-refractivity contribution is 5.90. The molecule has 33 heavy (non-hydrogen) atoms. The van der Waals surface area contributed by atoms with Gasteiger partial charge in [-0.15, -0.1) is 5.92 Å². The molecule has 4 rings (SSSR count). The molecule has 1 atom stereocenters. The van der Waals surface area contributed by atoms with Crippen molar-refractivity contribution in [2.24, 2.45) is 12.8 Å². The first kappa shape index (κ1) is 22.3. The first-order valence-electron chi connectivity index (χ1n) is 10.7. The Morgan fingerprint density at radius 3 is 2.85 bits per heavy atom. The maximum absolute atomic E-state index is 13.4. The third-order valence-electron chi connectivity index (χ3n) is 5.61. The number of carbonyl (C=O) groups excluding carboxylic acids is 1. The number of aryl methyl sites for hydroxylation is 1. The van der Waals surface area contributed by atoms with Crippen molar-refractivity contribution in [3.63, 3.8) is 0 Å². The van der Waals surface area contributed by atoms with Crippen molar-refractivity contribution in [3.05, 3.63) is 45.4 Å². The number of anilines is 2. The van der Waals surface area contributed by atoms with Crippen molar-refractivity contribution in [2.45, 2.75) is 38.9 Å². The van der Waals surface area contributed by atoms with Crippen molar-refractivity contribution >= 4 is 28.7 Å². The number of fused-ring (bicyclic) bond motifs is 1. The Morgan fingerprint density at radius 2 is 2.15 bits per heavy atom. The highest BCUT2D eigenvalue weighted by Crippen LogP contribution is 2.22. The van der Waals surface area contributed by atoms with E-state index in [9.17, 15) is 14.4 Å². The minimum absolute atomic E-state index is 0.000853. The number of rotatable bonds is 5. The van der Waals surface area contributed by atoms with Crippen molar-refractivity contribution in [1.29, 1.82) is 0 Å². The molecule has 0 radical (unpaired) electrons. The molecule has 1 amide bonds. The van der Waals surface area contributed by atoms with Gasteiger partial charge in [0.15, 0.2) is 11.2 Å². The second-order valence-electron chi connectivity index (χ2n) is 7.97. The Balaban J connectivity index is 1.81. The smallest absolute Gasteiger partial charge is 0.332 e. The Kier molecular flexibility index (Phi) is 6.28. The first-order chi connectivity index (χ1) is 15.9. The van der Waals surface area contributed by atoms with Crippen LogP contribution in [0, 0.1) is 11.8 Å². The topological polar surface area (TPSA) is 133 Å². The average molecular weight is 451 g/mol. The van der Waals surface area contributed by atoms with E-state index in [1.807, 2.05) is 4.90 Å². The summed E-state index contributed by atoms with van der Waals surface area (Å²) in [6.07, 6.45) is 4.89. The van der Waals surface area contributed by atoms with Gasteiger partial charge in [-0.2, -0.15) is 4.98 Å². The third-order valence-corrected chi connectivity index (χ3v) is 5.61. The lowest BCUT2D eigenvalue weighted by Crippen LogP contribution is -2.44. The fourth-order valence-electron chi connectivity index (χ4n) is 4.02. The summed E-state index contributed by atoms with van der Waals surface area (Å²) in [7, 11) is 1.54. The SMILES string of the molecule is CC#CCn1c(N2CCCC(N)C2)nc2c1c(=O)n(CC(=O)Nc1cccnc1)c(=O)n2C. The van der Waals surface area contributed by atoms with Crippen LogP contribution in [0.5, 0.6) is 0 Å². The molecule has 172 valence electrons. The minimum atomic E-state index is -0.623. The zero-order valence-corrected chi connectivity index (χ0v) is 18.6. The fraction of sp³-hybridized carbons (Fsp3) is 0.409. The van der Waals surface area contributed by atoms with E-state index in [2.05, 4.69) is 27.1 Å². The van der Waals surface area contributed by atoms with Crippen LogP contribution >= 0.6 is 0 Å². The normalized spacial score (nSPS) is 15.8. The van der Waals surface area contributed by atoms with Crippen molar-refractivity contribution in [1.82, 2.24) is 23.7 Å². The average Bonchev–Trinajstić information content (AvgIpc) is 3.19. The number of piperidine rings is 1. The van der Waals surface area contributed by atoms with Gasteiger partial charge in [-0.3, -0.25) is 23.7 Å². The number of imidazole rings is 1. The number of pyridine rings is 1. The van der Waals surface area contributed by atoms with E-state index in [0.29, 0.717) is 18.2 Å². The van der Waals surface area contributed by atoms with Gasteiger partial charge in [-0.05, 0) is 31.9 Å². The largest absolute Gasteiger partial charge is 0.341 e. The molecule has 11 nitrogen and oxygen atoms in total. The predicted octanol–water partition coefficient (Wildman–Crippen LogP) is -0.119. The molecular weight excluding hydrogens is 424 g/mol. The molecule has 0 bridgehead atoms. The van der Waals surface area contributed by atoms with Crippen molar-refractivity contribution in [2.75, 3.05) is 23.3 Å². The summed E-state index contributed by atoms with van der Waals surface area (Å²) in [5, 5.41) is 2.65. The van der Waals surface area contributed by atoms with Crippen LogP contribution in [0.3, 0.4) is 0 Å². The number of hydrogen-bond acceptors (Lipinski definition) is 7. The van der Waals surface area contributed by atoms with Crippen LogP contribution in [0.2, 0.25) is 0 Å². The van der Waals surface area contributed by atoms with Gasteiger partial charge in [0.2, 0.25) is 11.9 Å². The first-order valence-corrected chi connectivity index (χ1v) is 10.7. The maximum Gasteiger partial charge on any atom is 0.332 e. The zero-order valence-electron chi connectivity index (χ0n) is 18.6. The van der Waals surface area contributed by atoms with Crippen LogP contribution in [0.15, 0.2) is 34.1 Å². The van der Waals surface area contributed by atoms with E-state index in [0.717, 1.165) is 24.0 Å². The van der Waals surface area contributed by atoms with E-state index < -0.39 is 23.7 Å². The molecule has 1 unspecified atom stereocenters. The minimum Gasteiger partial charge on any atom is -0.341 e. The molecule has 1 aliphatic rings. The summed E-state index contributed by atoms with van der Waals surface area (Å²) in [4.78, 5) is 49.6. The Labute approximate surface area is 189 Å². The summed E-state index contributed by atoms with van der Waals surface area (Å²) in [5.41, 5.74) is 5.89. The summed E-state index contributed by atoms with van der Waals surface area (Å²) in [5.74, 6) is 5.86. The zero-order chi connectivity index (χ0) is 23.5. The number of nitrogens with zero attached hydrogens (tertiary/aromatic N) is 6. The fourth-order valence-corrected chi connectivity index (χ4v) is 4.02. The molecule has 0 aromatic carbocycles. The van der Waals surface area contributed by atoms with Crippen LogP contribution in [-0.2, 0) is 24.9 Å². The second-order valence-corrected chi connectivity index (χ2v) is 7.97. The number of hydrogen-bond donors (Lipinski definition) is 2. The van der Waals surface area contributed by atoms with Crippen LogP contribution in [0.25, 0.3) is 11.2 Å². The molecule has 0 aliphatic carbocycles. The maximum atomic E-state index is 13.4. The lowest BCUT2D eigenvalue weighted by molar-refractivity contribution is -0.116. The molecule has 0 spiro atoms. The molecule has 4 heterocycles. The quantitative estimate of drug-likeness (QED) is 0.518. The van der Waals surface area contributed by atoms with Gasteiger partial charge in [0.25, 0.3) is 5.56 Å². The van der Waals surface area contributed by atoms with Gasteiger partial charge in [-0.1, -0.05) is 5.92 Å². The lowest BCUT2D eigenvalue weighted by atomic mass is 10.1. The standard InChI is InChI=1S/C22H26N8O3/c1-3-4-11-29-18-19(26-21(29)28-10-6-7-15(23)13-28)27(2)22(33)30(20(18)32)14-17(31)25-16-8-5-9-24-12-16/h5,8-9,12,15H,6-7,10-11,13-14,23H2,1-2H3,(H,25,31). The highest BCUT2D eigenvalue weighted by Gasteiger charge is 2.26. The molecule has 1 aliphatic heterocycles. The van der Waals surface area contributed by atoms with Crippen molar-refractivity contribution < 1.29 is 4.79 Å². The molecule has 11 heteroatoms. The van der Waals surface area contributed by atoms with Crippen LogP contribution in [-0.4, -0.2) is 48.7 Å². The number of amides is 1. The van der Waals surface area contributed by atoms with E-state index in [1.165, 1.54) is 17.8 Å². The molecule has 3 aromatic heterocycles. The van der Waals surface area contributed by atoms with E-state index in [-0.39, 0.29) is 23.8 Å². The van der Waals surface area contributed by atoms with Crippen LogP contribution < -0.4 is 27.2 Å². The molecule has 3 aromatic rings. The van der Waals surface area contributed by atoms with Gasteiger partial charge in [0.1, 0.15) is 6.54 Å². The Hall–Kier alpha value is -3.91. The Bertz CT molecular complexity index is 1360. The molecule has 3 N–H and O–H groups in total. The van der Waals surface area contributed by atoms with Crippen molar-refractivity contribution in [3.8, 4) is 11.8 Å². The lowest BCUT2D eigenvalue weighted by Gasteiger charge is -2.31. The van der Waals surface area contributed by atoms with Gasteiger partial charge in [0.05, 0.1) is 18.4 Å². The van der Waals surface area contributed by atoms with Gasteiger partial charge in [-0.25, -0.2) is 9.36 Å². The summed E-state index contributed by atoms with van der Waals surface area (Å²) in [6, 6.07) is 3.35. The predicted molar refractivity (Wildman–Crippen MR) is 125 cm³/mol. The van der Waals surface area contributed by atoms with Gasteiger partial charge >= 0.3 is 5.69 Å².